The maximum atomic E-state index is 3.42. The van der Waals surface area contributed by atoms with E-state index in [1.54, 1.807) is 0 Å². The van der Waals surface area contributed by atoms with Gasteiger partial charge in [0.15, 0.2) is 0 Å². The van der Waals surface area contributed by atoms with Crippen LogP contribution in [0.5, 0.6) is 0 Å². The SMILES string of the molecule is CC.CC=C=C/C(=C\C)CCCCNCCC. The Balaban J connectivity index is 0. The standard InChI is InChI=1S/C14H25N.C2H6/c1-4-7-10-14(6-3)11-8-9-13-15-12-5-2;1-2/h4,6,10,15H,5,8-9,11-13H2,1-3H3;1-2H3/b14-6+;. The highest BCUT2D eigenvalue weighted by Crippen LogP contribution is 2.07. The first-order chi connectivity index (χ1) is 8.35. The number of allylic oxidation sites excluding steroid dienone is 3. The Morgan fingerprint density at radius 2 is 1.82 bits per heavy atom. The van der Waals surface area contributed by atoms with Crippen molar-refractivity contribution in [1.29, 1.82) is 0 Å². The average molecular weight is 237 g/mol. The van der Waals surface area contributed by atoms with Crippen LogP contribution >= 0.6 is 0 Å². The molecule has 0 aliphatic heterocycles. The molecule has 0 atom stereocenters. The average Bonchev–Trinajstić information content (AvgIpc) is 2.39. The van der Waals surface area contributed by atoms with E-state index in [0.29, 0.717) is 0 Å². The molecular formula is C16H31N. The second-order valence-corrected chi connectivity index (χ2v) is 3.67. The lowest BCUT2D eigenvalue weighted by atomic mass is 10.1. The maximum Gasteiger partial charge on any atom is -0.00488 e. The highest BCUT2D eigenvalue weighted by atomic mass is 14.8. The maximum absolute atomic E-state index is 3.42. The first-order valence-corrected chi connectivity index (χ1v) is 7.08. The van der Waals surface area contributed by atoms with E-state index in [1.807, 2.05) is 26.8 Å². The quantitative estimate of drug-likeness (QED) is 0.361. The lowest BCUT2D eigenvalue weighted by Crippen LogP contribution is -2.15. The summed E-state index contributed by atoms with van der Waals surface area (Å²) < 4.78 is 0. The molecule has 0 amide bonds. The smallest absolute Gasteiger partial charge is 0.00488 e. The van der Waals surface area contributed by atoms with E-state index in [-0.39, 0.29) is 0 Å². The topological polar surface area (TPSA) is 12.0 Å². The van der Waals surface area contributed by atoms with E-state index in [2.05, 4.69) is 37.0 Å². The van der Waals surface area contributed by atoms with Crippen molar-refractivity contribution >= 4 is 0 Å². The fourth-order valence-corrected chi connectivity index (χ4v) is 1.37. The van der Waals surface area contributed by atoms with Crippen LogP contribution < -0.4 is 5.32 Å². The molecule has 0 spiro atoms. The number of rotatable bonds is 8. The van der Waals surface area contributed by atoms with Gasteiger partial charge in [0.1, 0.15) is 0 Å². The van der Waals surface area contributed by atoms with E-state index in [9.17, 15) is 0 Å². The Kier molecular flexibility index (Phi) is 19.2. The van der Waals surface area contributed by atoms with Crippen molar-refractivity contribution in [2.45, 2.75) is 60.3 Å². The van der Waals surface area contributed by atoms with Gasteiger partial charge in [0.25, 0.3) is 0 Å². The summed E-state index contributed by atoms with van der Waals surface area (Å²) in [7, 11) is 0. The van der Waals surface area contributed by atoms with Crippen LogP contribution in [0.1, 0.15) is 60.3 Å². The molecular weight excluding hydrogens is 206 g/mol. The second kappa shape index (κ2) is 17.6. The summed E-state index contributed by atoms with van der Waals surface area (Å²) >= 11 is 0. The minimum Gasteiger partial charge on any atom is -0.317 e. The first kappa shape index (κ1) is 18.6. The molecule has 0 aliphatic carbocycles. The van der Waals surface area contributed by atoms with E-state index in [4.69, 9.17) is 0 Å². The van der Waals surface area contributed by atoms with Crippen LogP contribution in [-0.4, -0.2) is 13.1 Å². The fourth-order valence-electron chi connectivity index (χ4n) is 1.37. The van der Waals surface area contributed by atoms with Crippen molar-refractivity contribution in [2.24, 2.45) is 0 Å². The molecule has 1 heteroatoms. The van der Waals surface area contributed by atoms with Crippen LogP contribution in [0, 0.1) is 0 Å². The molecule has 0 bridgehead atoms. The van der Waals surface area contributed by atoms with Crippen LogP contribution in [0.25, 0.3) is 0 Å². The van der Waals surface area contributed by atoms with Crippen molar-refractivity contribution in [3.8, 4) is 0 Å². The Bertz CT molecular complexity index is 220. The molecule has 0 aromatic heterocycles. The minimum absolute atomic E-state index is 1.15. The van der Waals surface area contributed by atoms with Crippen molar-refractivity contribution in [1.82, 2.24) is 5.32 Å². The van der Waals surface area contributed by atoms with Gasteiger partial charge in [0, 0.05) is 0 Å². The van der Waals surface area contributed by atoms with Crippen LogP contribution in [0.4, 0.5) is 0 Å². The Morgan fingerprint density at radius 3 is 2.35 bits per heavy atom. The van der Waals surface area contributed by atoms with E-state index < -0.39 is 0 Å². The zero-order valence-electron chi connectivity index (χ0n) is 12.5. The molecule has 0 rings (SSSR count). The fraction of sp³-hybridized carbons (Fsp3) is 0.688. The number of nitrogens with one attached hydrogen (secondary N) is 1. The Morgan fingerprint density at radius 1 is 1.12 bits per heavy atom. The van der Waals surface area contributed by atoms with Crippen molar-refractivity contribution in [3.05, 3.63) is 29.5 Å². The highest BCUT2D eigenvalue weighted by Gasteiger charge is 1.92. The van der Waals surface area contributed by atoms with Crippen LogP contribution in [0.2, 0.25) is 0 Å². The molecule has 0 radical (unpaired) electrons. The molecule has 0 aromatic rings. The Labute approximate surface area is 109 Å². The third-order valence-corrected chi connectivity index (χ3v) is 2.30. The lowest BCUT2D eigenvalue weighted by molar-refractivity contribution is 0.617. The molecule has 1 N–H and O–H groups in total. The van der Waals surface area contributed by atoms with Gasteiger partial charge in [0.2, 0.25) is 0 Å². The predicted octanol–water partition coefficient (Wildman–Crippen LogP) is 4.86. The molecule has 0 saturated heterocycles. The second-order valence-electron chi connectivity index (χ2n) is 3.67. The monoisotopic (exact) mass is 237 g/mol. The predicted molar refractivity (Wildman–Crippen MR) is 80.4 cm³/mol. The van der Waals surface area contributed by atoms with Gasteiger partial charge in [-0.05, 0) is 70.3 Å². The molecule has 0 aliphatic rings. The van der Waals surface area contributed by atoms with Gasteiger partial charge < -0.3 is 5.32 Å². The molecule has 0 fully saturated rings. The summed E-state index contributed by atoms with van der Waals surface area (Å²) in [6, 6.07) is 0. The summed E-state index contributed by atoms with van der Waals surface area (Å²) in [6.45, 7) is 12.6. The van der Waals surface area contributed by atoms with Crippen molar-refractivity contribution in [2.75, 3.05) is 13.1 Å². The van der Waals surface area contributed by atoms with Gasteiger partial charge in [-0.15, -0.1) is 5.73 Å². The summed E-state index contributed by atoms with van der Waals surface area (Å²) in [5.74, 6) is 0. The third-order valence-electron chi connectivity index (χ3n) is 2.30. The number of hydrogen-bond donors (Lipinski definition) is 1. The number of unbranched alkanes of at least 4 members (excludes halogenated alkanes) is 1. The minimum atomic E-state index is 1.15. The molecule has 100 valence electrons. The van der Waals surface area contributed by atoms with E-state index in [0.717, 1.165) is 13.1 Å². The largest absolute Gasteiger partial charge is 0.317 e. The lowest BCUT2D eigenvalue weighted by Gasteiger charge is -2.03. The van der Waals surface area contributed by atoms with Gasteiger partial charge in [-0.25, -0.2) is 0 Å². The van der Waals surface area contributed by atoms with Crippen LogP contribution in [0.15, 0.2) is 29.5 Å². The van der Waals surface area contributed by atoms with Gasteiger partial charge in [-0.3, -0.25) is 0 Å². The summed E-state index contributed by atoms with van der Waals surface area (Å²) in [4.78, 5) is 0. The van der Waals surface area contributed by atoms with E-state index in [1.165, 1.54) is 31.3 Å². The third kappa shape index (κ3) is 15.2. The van der Waals surface area contributed by atoms with Gasteiger partial charge in [-0.1, -0.05) is 26.8 Å². The van der Waals surface area contributed by atoms with Crippen molar-refractivity contribution in [3.63, 3.8) is 0 Å². The molecule has 0 aromatic carbocycles. The van der Waals surface area contributed by atoms with Gasteiger partial charge >= 0.3 is 0 Å². The molecule has 1 nitrogen and oxygen atoms in total. The highest BCUT2D eigenvalue weighted by molar-refractivity contribution is 5.16. The van der Waals surface area contributed by atoms with Gasteiger partial charge in [-0.2, -0.15) is 0 Å². The van der Waals surface area contributed by atoms with Crippen molar-refractivity contribution < 1.29 is 0 Å². The summed E-state index contributed by atoms with van der Waals surface area (Å²) in [5.41, 5.74) is 4.52. The van der Waals surface area contributed by atoms with E-state index >= 15 is 0 Å². The number of hydrogen-bond acceptors (Lipinski definition) is 1. The van der Waals surface area contributed by atoms with Gasteiger partial charge in [0.05, 0.1) is 0 Å². The van der Waals surface area contributed by atoms with Crippen LogP contribution in [-0.2, 0) is 0 Å². The molecule has 0 unspecified atom stereocenters. The molecule has 0 heterocycles. The van der Waals surface area contributed by atoms with Crippen LogP contribution in [0.3, 0.4) is 0 Å². The zero-order chi connectivity index (χ0) is 13.4. The summed E-state index contributed by atoms with van der Waals surface area (Å²) in [6.07, 6.45) is 11.1. The Hall–Kier alpha value is -0.780. The normalized spacial score (nSPS) is 10.1. The molecule has 0 saturated carbocycles. The summed E-state index contributed by atoms with van der Waals surface area (Å²) in [5, 5.41) is 3.42. The zero-order valence-corrected chi connectivity index (χ0v) is 12.5. The molecule has 17 heavy (non-hydrogen) atoms. The first-order valence-electron chi connectivity index (χ1n) is 7.08.